The van der Waals surface area contributed by atoms with Crippen LogP contribution < -0.4 is 0 Å². The van der Waals surface area contributed by atoms with Crippen LogP contribution in [0, 0.1) is 0 Å². The summed E-state index contributed by atoms with van der Waals surface area (Å²) < 4.78 is 14.3. The summed E-state index contributed by atoms with van der Waals surface area (Å²) in [5.41, 5.74) is 4.92. The maximum atomic E-state index is 12.2. The molecule has 3 heterocycles. The van der Waals surface area contributed by atoms with Crippen LogP contribution in [0.3, 0.4) is 0 Å². The third-order valence-electron chi connectivity index (χ3n) is 4.26. The number of nitrogens with zero attached hydrogens (tertiary/aromatic N) is 3. The fourth-order valence-corrected chi connectivity index (χ4v) is 4.10. The van der Waals surface area contributed by atoms with Crippen LogP contribution in [0.1, 0.15) is 13.3 Å². The van der Waals surface area contributed by atoms with Gasteiger partial charge in [-0.3, -0.25) is 13.6 Å². The maximum absolute atomic E-state index is 12.2. The molecule has 5 heteroatoms. The van der Waals surface area contributed by atoms with Gasteiger partial charge < -0.3 is 0 Å². The van der Waals surface area contributed by atoms with Gasteiger partial charge in [-0.2, -0.15) is 0 Å². The number of fused-ring (bicyclic) bond motifs is 1. The van der Waals surface area contributed by atoms with Crippen molar-refractivity contribution < 1.29 is 4.21 Å². The quantitative estimate of drug-likeness (QED) is 0.523. The minimum Gasteiger partial charge on any atom is -0.299 e. The van der Waals surface area contributed by atoms with E-state index >= 15 is 0 Å². The van der Waals surface area contributed by atoms with Crippen molar-refractivity contribution >= 4 is 16.4 Å². The standard InChI is InChI=1S/C21H19N3OS/c1-2-15-26(25)18-8-6-16(7-9-18)20-21(17-10-12-22-13-11-17)24-14-4-3-5-19(24)23-20/h3-14H,2,15H2,1H3. The third kappa shape index (κ3) is 3.06. The van der Waals surface area contributed by atoms with Crippen molar-refractivity contribution in [2.45, 2.75) is 18.2 Å². The van der Waals surface area contributed by atoms with Crippen LogP contribution in [0.2, 0.25) is 0 Å². The van der Waals surface area contributed by atoms with Gasteiger partial charge in [-0.15, -0.1) is 0 Å². The number of hydrogen-bond donors (Lipinski definition) is 0. The van der Waals surface area contributed by atoms with Gasteiger partial charge in [0.15, 0.2) is 0 Å². The first-order valence-corrected chi connectivity index (χ1v) is 9.96. The van der Waals surface area contributed by atoms with Gasteiger partial charge in [-0.1, -0.05) is 25.1 Å². The Morgan fingerprint density at radius 1 is 0.962 bits per heavy atom. The molecule has 26 heavy (non-hydrogen) atoms. The lowest BCUT2D eigenvalue weighted by atomic mass is 10.1. The second kappa shape index (κ2) is 7.22. The summed E-state index contributed by atoms with van der Waals surface area (Å²) in [4.78, 5) is 9.83. The first-order valence-electron chi connectivity index (χ1n) is 8.64. The molecule has 0 saturated heterocycles. The third-order valence-corrected chi connectivity index (χ3v) is 5.84. The van der Waals surface area contributed by atoms with Gasteiger partial charge in [0.2, 0.25) is 0 Å². The van der Waals surface area contributed by atoms with E-state index in [2.05, 4.69) is 9.38 Å². The molecule has 0 amide bonds. The van der Waals surface area contributed by atoms with E-state index in [-0.39, 0.29) is 0 Å². The van der Waals surface area contributed by atoms with E-state index in [1.807, 2.05) is 67.7 Å². The summed E-state index contributed by atoms with van der Waals surface area (Å²) in [5.74, 6) is 0.690. The van der Waals surface area contributed by atoms with Gasteiger partial charge >= 0.3 is 0 Å². The molecule has 0 N–H and O–H groups in total. The molecule has 0 aliphatic carbocycles. The van der Waals surface area contributed by atoms with Crippen molar-refractivity contribution in [1.29, 1.82) is 0 Å². The predicted molar refractivity (Wildman–Crippen MR) is 105 cm³/mol. The number of benzene rings is 1. The van der Waals surface area contributed by atoms with Crippen molar-refractivity contribution in [2.75, 3.05) is 5.75 Å². The van der Waals surface area contributed by atoms with Crippen LogP contribution in [-0.2, 0) is 10.8 Å². The number of imidazole rings is 1. The Labute approximate surface area is 155 Å². The highest BCUT2D eigenvalue weighted by Gasteiger charge is 2.16. The van der Waals surface area contributed by atoms with Crippen LogP contribution in [0.15, 0.2) is 78.1 Å². The summed E-state index contributed by atoms with van der Waals surface area (Å²) in [7, 11) is -0.938. The van der Waals surface area contributed by atoms with Crippen molar-refractivity contribution in [2.24, 2.45) is 0 Å². The van der Waals surface area contributed by atoms with Crippen LogP contribution >= 0.6 is 0 Å². The Hall–Kier alpha value is -2.79. The number of hydrogen-bond acceptors (Lipinski definition) is 3. The Morgan fingerprint density at radius 2 is 1.73 bits per heavy atom. The highest BCUT2D eigenvalue weighted by atomic mass is 32.2. The average molecular weight is 361 g/mol. The Bertz CT molecular complexity index is 1060. The molecule has 0 bridgehead atoms. The summed E-state index contributed by atoms with van der Waals surface area (Å²) >= 11 is 0. The molecule has 0 fully saturated rings. The summed E-state index contributed by atoms with van der Waals surface area (Å²) in [6.45, 7) is 2.05. The van der Waals surface area contributed by atoms with E-state index in [9.17, 15) is 4.21 Å². The first kappa shape index (κ1) is 16.7. The zero-order valence-electron chi connectivity index (χ0n) is 14.5. The molecule has 1 aromatic carbocycles. The Morgan fingerprint density at radius 3 is 2.46 bits per heavy atom. The van der Waals surface area contributed by atoms with Crippen LogP contribution in [0.5, 0.6) is 0 Å². The van der Waals surface area contributed by atoms with Crippen molar-refractivity contribution in [1.82, 2.24) is 14.4 Å². The monoisotopic (exact) mass is 361 g/mol. The molecular weight excluding hydrogens is 342 g/mol. The lowest BCUT2D eigenvalue weighted by Crippen LogP contribution is -1.96. The Balaban J connectivity index is 1.85. The van der Waals surface area contributed by atoms with E-state index in [0.29, 0.717) is 5.75 Å². The van der Waals surface area contributed by atoms with E-state index in [1.54, 1.807) is 12.4 Å². The highest BCUT2D eigenvalue weighted by Crippen LogP contribution is 2.32. The minimum absolute atomic E-state index is 0.690. The summed E-state index contributed by atoms with van der Waals surface area (Å²) in [5, 5.41) is 0. The second-order valence-electron chi connectivity index (χ2n) is 6.05. The maximum Gasteiger partial charge on any atom is 0.137 e. The average Bonchev–Trinajstić information content (AvgIpc) is 3.08. The van der Waals surface area contributed by atoms with Gasteiger partial charge in [-0.25, -0.2) is 4.98 Å². The molecule has 0 aliphatic rings. The van der Waals surface area contributed by atoms with Gasteiger partial charge in [0.1, 0.15) is 5.65 Å². The van der Waals surface area contributed by atoms with E-state index < -0.39 is 10.8 Å². The highest BCUT2D eigenvalue weighted by molar-refractivity contribution is 7.85. The van der Waals surface area contributed by atoms with Crippen LogP contribution in [0.25, 0.3) is 28.2 Å². The van der Waals surface area contributed by atoms with Crippen molar-refractivity contribution in [3.05, 3.63) is 73.2 Å². The second-order valence-corrected chi connectivity index (χ2v) is 7.62. The van der Waals surface area contributed by atoms with E-state index in [4.69, 9.17) is 4.98 Å². The van der Waals surface area contributed by atoms with Crippen LogP contribution in [0.4, 0.5) is 0 Å². The van der Waals surface area contributed by atoms with Crippen LogP contribution in [-0.4, -0.2) is 24.3 Å². The topological polar surface area (TPSA) is 47.3 Å². The molecule has 1 atom stereocenters. The van der Waals surface area contributed by atoms with Crippen molar-refractivity contribution in [3.63, 3.8) is 0 Å². The summed E-state index contributed by atoms with van der Waals surface area (Å²) in [6.07, 6.45) is 6.51. The molecule has 0 spiro atoms. The minimum atomic E-state index is -0.938. The zero-order chi connectivity index (χ0) is 17.9. The molecule has 0 radical (unpaired) electrons. The van der Waals surface area contributed by atoms with Gasteiger partial charge in [0, 0.05) is 40.4 Å². The smallest absolute Gasteiger partial charge is 0.137 e. The molecule has 4 rings (SSSR count). The fraction of sp³-hybridized carbons (Fsp3) is 0.143. The summed E-state index contributed by atoms with van der Waals surface area (Å²) in [6, 6.07) is 17.9. The van der Waals surface area contributed by atoms with Gasteiger partial charge in [0.25, 0.3) is 0 Å². The zero-order valence-corrected chi connectivity index (χ0v) is 15.3. The first-order chi connectivity index (χ1) is 12.8. The number of pyridine rings is 2. The molecule has 1 unspecified atom stereocenters. The molecule has 0 aliphatic heterocycles. The number of rotatable bonds is 5. The SMILES string of the molecule is CCCS(=O)c1ccc(-c2nc3ccccn3c2-c2ccncc2)cc1. The Kier molecular flexibility index (Phi) is 4.63. The van der Waals surface area contributed by atoms with Gasteiger partial charge in [0.05, 0.1) is 22.2 Å². The van der Waals surface area contributed by atoms with E-state index in [1.165, 1.54) is 0 Å². The van der Waals surface area contributed by atoms with E-state index in [0.717, 1.165) is 39.5 Å². The molecule has 130 valence electrons. The molecule has 4 nitrogen and oxygen atoms in total. The predicted octanol–water partition coefficient (Wildman–Crippen LogP) is 4.58. The normalized spacial score (nSPS) is 12.3. The van der Waals surface area contributed by atoms with Gasteiger partial charge in [-0.05, 0) is 42.8 Å². The molecule has 4 aromatic rings. The molecule has 3 aromatic heterocycles. The number of aromatic nitrogens is 3. The lowest BCUT2D eigenvalue weighted by Gasteiger charge is -2.06. The lowest BCUT2D eigenvalue weighted by molar-refractivity contribution is 0.682. The van der Waals surface area contributed by atoms with Crippen molar-refractivity contribution in [3.8, 4) is 22.5 Å². The molecule has 0 saturated carbocycles. The largest absolute Gasteiger partial charge is 0.299 e. The molecular formula is C21H19N3OS. The fourth-order valence-electron chi connectivity index (χ4n) is 3.05.